The number of methoxy groups -OCH3 is 2. The third-order valence-electron chi connectivity index (χ3n) is 5.96. The standard InChI is InChI=1S/C25H27N5O6/c1-13-10-17(23(32)30-20(13)22(31)29-25(30,2)3)28-16-8-9-26-21(19(16)24(33)34)27-12-14-6-7-15(35-4)11-18(14)36-5/h6-11H,12H2,1-5H3,(H,29,31)(H,33,34)(H2,26,27,28). The van der Waals surface area contributed by atoms with Crippen molar-refractivity contribution in [1.82, 2.24) is 14.9 Å². The molecule has 0 saturated heterocycles. The van der Waals surface area contributed by atoms with Crippen LogP contribution in [0.15, 0.2) is 41.3 Å². The number of rotatable bonds is 8. The summed E-state index contributed by atoms with van der Waals surface area (Å²) in [6.45, 7) is 5.39. The first-order valence-corrected chi connectivity index (χ1v) is 11.1. The molecule has 0 fully saturated rings. The summed E-state index contributed by atoms with van der Waals surface area (Å²) < 4.78 is 12.0. The first-order chi connectivity index (χ1) is 17.1. The van der Waals surface area contributed by atoms with Crippen LogP contribution < -0.4 is 31.0 Å². The maximum Gasteiger partial charge on any atom is 0.341 e. The molecule has 0 spiro atoms. The molecule has 1 aliphatic heterocycles. The molecule has 11 heteroatoms. The summed E-state index contributed by atoms with van der Waals surface area (Å²) in [5.74, 6) is -0.259. The fourth-order valence-electron chi connectivity index (χ4n) is 4.28. The molecule has 1 aromatic carbocycles. The lowest BCUT2D eigenvalue weighted by Gasteiger charge is -2.23. The quantitative estimate of drug-likeness (QED) is 0.372. The monoisotopic (exact) mass is 493 g/mol. The largest absolute Gasteiger partial charge is 0.497 e. The van der Waals surface area contributed by atoms with Gasteiger partial charge in [0.2, 0.25) is 0 Å². The molecule has 1 amide bonds. The van der Waals surface area contributed by atoms with Crippen LogP contribution in [0.3, 0.4) is 0 Å². The third-order valence-corrected chi connectivity index (χ3v) is 5.96. The Labute approximate surface area is 207 Å². The molecular weight excluding hydrogens is 466 g/mol. The van der Waals surface area contributed by atoms with Crippen molar-refractivity contribution in [3.63, 3.8) is 0 Å². The fourth-order valence-corrected chi connectivity index (χ4v) is 4.28. The normalized spacial score (nSPS) is 13.5. The first-order valence-electron chi connectivity index (χ1n) is 11.1. The highest BCUT2D eigenvalue weighted by Gasteiger charge is 2.37. The molecule has 11 nitrogen and oxygen atoms in total. The number of benzene rings is 1. The van der Waals surface area contributed by atoms with Crippen LogP contribution in [0.4, 0.5) is 17.2 Å². The van der Waals surface area contributed by atoms with Crippen molar-refractivity contribution < 1.29 is 24.2 Å². The smallest absolute Gasteiger partial charge is 0.341 e. The van der Waals surface area contributed by atoms with Gasteiger partial charge in [-0.1, -0.05) is 0 Å². The predicted molar refractivity (Wildman–Crippen MR) is 134 cm³/mol. The van der Waals surface area contributed by atoms with Gasteiger partial charge in [0, 0.05) is 24.4 Å². The highest BCUT2D eigenvalue weighted by molar-refractivity contribution is 6.00. The first kappa shape index (κ1) is 24.6. The van der Waals surface area contributed by atoms with E-state index in [4.69, 9.17) is 9.47 Å². The van der Waals surface area contributed by atoms with E-state index in [1.54, 1.807) is 46.1 Å². The molecule has 0 saturated carbocycles. The Morgan fingerprint density at radius 3 is 2.56 bits per heavy atom. The minimum Gasteiger partial charge on any atom is -0.497 e. The molecule has 36 heavy (non-hydrogen) atoms. The van der Waals surface area contributed by atoms with Gasteiger partial charge in [0.25, 0.3) is 11.5 Å². The number of pyridine rings is 2. The number of carbonyl (C=O) groups is 2. The zero-order valence-corrected chi connectivity index (χ0v) is 20.6. The van der Waals surface area contributed by atoms with Crippen molar-refractivity contribution in [3.05, 3.63) is 69.3 Å². The van der Waals surface area contributed by atoms with E-state index in [2.05, 4.69) is 20.9 Å². The molecule has 0 bridgehead atoms. The summed E-state index contributed by atoms with van der Waals surface area (Å²) in [7, 11) is 3.09. The lowest BCUT2D eigenvalue weighted by Crippen LogP contribution is -2.42. The molecule has 2 aromatic heterocycles. The lowest BCUT2D eigenvalue weighted by atomic mass is 10.1. The highest BCUT2D eigenvalue weighted by atomic mass is 16.5. The van der Waals surface area contributed by atoms with Crippen molar-refractivity contribution >= 4 is 29.1 Å². The van der Waals surface area contributed by atoms with Gasteiger partial charge in [-0.15, -0.1) is 0 Å². The number of hydrogen-bond donors (Lipinski definition) is 4. The molecule has 3 aromatic rings. The van der Waals surface area contributed by atoms with Crippen LogP contribution in [0, 0.1) is 6.92 Å². The summed E-state index contributed by atoms with van der Waals surface area (Å²) in [6.07, 6.45) is 1.44. The van der Waals surface area contributed by atoms with E-state index < -0.39 is 17.2 Å². The van der Waals surface area contributed by atoms with Crippen molar-refractivity contribution in [2.24, 2.45) is 0 Å². The molecular formula is C25H27N5O6. The van der Waals surface area contributed by atoms with Gasteiger partial charge in [-0.2, -0.15) is 0 Å². The fraction of sp³-hybridized carbons (Fsp3) is 0.280. The van der Waals surface area contributed by atoms with E-state index in [0.717, 1.165) is 5.56 Å². The Morgan fingerprint density at radius 1 is 1.14 bits per heavy atom. The highest BCUT2D eigenvalue weighted by Crippen LogP contribution is 2.30. The molecule has 188 valence electrons. The summed E-state index contributed by atoms with van der Waals surface area (Å²) in [5, 5.41) is 18.8. The topological polar surface area (TPSA) is 144 Å². The molecule has 0 radical (unpaired) electrons. The van der Waals surface area contributed by atoms with Crippen LogP contribution >= 0.6 is 0 Å². The van der Waals surface area contributed by atoms with E-state index in [9.17, 15) is 19.5 Å². The number of anilines is 3. The number of nitrogens with one attached hydrogen (secondary N) is 3. The molecule has 4 rings (SSSR count). The second-order valence-electron chi connectivity index (χ2n) is 8.79. The van der Waals surface area contributed by atoms with Gasteiger partial charge >= 0.3 is 5.97 Å². The zero-order chi connectivity index (χ0) is 26.2. The summed E-state index contributed by atoms with van der Waals surface area (Å²) in [4.78, 5) is 42.1. The molecule has 3 heterocycles. The number of aromatic nitrogens is 2. The third kappa shape index (κ3) is 4.30. The van der Waals surface area contributed by atoms with Gasteiger partial charge in [0.1, 0.15) is 39.9 Å². The SMILES string of the molecule is COc1ccc(CNc2nccc(Nc3cc(C)c4n(c3=O)C(C)(C)NC4=O)c2C(=O)O)c(OC)c1. The number of carbonyl (C=O) groups excluding carboxylic acids is 1. The number of carboxylic acid groups (broad SMARTS) is 1. The summed E-state index contributed by atoms with van der Waals surface area (Å²) >= 11 is 0. The average molecular weight is 494 g/mol. The van der Waals surface area contributed by atoms with Crippen LogP contribution in [0.25, 0.3) is 0 Å². The minimum absolute atomic E-state index is 0.112. The van der Waals surface area contributed by atoms with Crippen LogP contribution in [-0.4, -0.2) is 40.8 Å². The van der Waals surface area contributed by atoms with E-state index in [1.807, 2.05) is 0 Å². The molecule has 0 aliphatic carbocycles. The van der Waals surface area contributed by atoms with Crippen LogP contribution in [0.5, 0.6) is 11.5 Å². The number of aryl methyl sites for hydroxylation is 1. The molecule has 1 aliphatic rings. The Hall–Kier alpha value is -4.54. The Kier molecular flexibility index (Phi) is 6.32. The number of amides is 1. The number of aromatic carboxylic acids is 1. The molecule has 4 N–H and O–H groups in total. The second kappa shape index (κ2) is 9.25. The average Bonchev–Trinajstić information content (AvgIpc) is 3.09. The van der Waals surface area contributed by atoms with Crippen molar-refractivity contribution in [2.45, 2.75) is 33.0 Å². The molecule has 0 unspecified atom stereocenters. The lowest BCUT2D eigenvalue weighted by molar-refractivity contribution is 0.0698. The van der Waals surface area contributed by atoms with Crippen molar-refractivity contribution in [1.29, 1.82) is 0 Å². The Morgan fingerprint density at radius 2 is 1.89 bits per heavy atom. The number of carboxylic acids is 1. The second-order valence-corrected chi connectivity index (χ2v) is 8.79. The maximum atomic E-state index is 13.3. The number of fused-ring (bicyclic) bond motifs is 1. The Bertz CT molecular complexity index is 1430. The van der Waals surface area contributed by atoms with Gasteiger partial charge in [-0.05, 0) is 50.6 Å². The summed E-state index contributed by atoms with van der Waals surface area (Å²) in [5.41, 5.74) is 0.415. The number of nitrogens with zero attached hydrogens (tertiary/aromatic N) is 2. The number of hydrogen-bond acceptors (Lipinski definition) is 8. The van der Waals surface area contributed by atoms with E-state index >= 15 is 0 Å². The van der Waals surface area contributed by atoms with Crippen LogP contribution in [0.1, 0.15) is 45.8 Å². The maximum absolute atomic E-state index is 13.3. The van der Waals surface area contributed by atoms with Gasteiger partial charge in [0.15, 0.2) is 0 Å². The van der Waals surface area contributed by atoms with Gasteiger partial charge < -0.3 is 30.5 Å². The van der Waals surface area contributed by atoms with Gasteiger partial charge in [0.05, 0.1) is 19.9 Å². The summed E-state index contributed by atoms with van der Waals surface area (Å²) in [6, 6.07) is 8.32. The van der Waals surface area contributed by atoms with Crippen LogP contribution in [-0.2, 0) is 12.2 Å². The van der Waals surface area contributed by atoms with Gasteiger partial charge in [-0.3, -0.25) is 14.2 Å². The molecule has 0 atom stereocenters. The number of ether oxygens (including phenoxy) is 2. The van der Waals surface area contributed by atoms with E-state index in [1.165, 1.54) is 30.0 Å². The predicted octanol–water partition coefficient (Wildman–Crippen LogP) is 3.06. The van der Waals surface area contributed by atoms with Crippen LogP contribution in [0.2, 0.25) is 0 Å². The minimum atomic E-state index is -1.23. The zero-order valence-electron chi connectivity index (χ0n) is 20.6. The van der Waals surface area contributed by atoms with Crippen molar-refractivity contribution in [2.75, 3.05) is 24.9 Å². The Balaban J connectivity index is 1.70. The van der Waals surface area contributed by atoms with Gasteiger partial charge in [-0.25, -0.2) is 9.78 Å². The van der Waals surface area contributed by atoms with E-state index in [-0.39, 0.29) is 40.9 Å². The van der Waals surface area contributed by atoms with E-state index in [0.29, 0.717) is 17.1 Å². The van der Waals surface area contributed by atoms with Crippen molar-refractivity contribution in [3.8, 4) is 11.5 Å².